The van der Waals surface area contributed by atoms with Gasteiger partial charge in [-0.15, -0.1) is 5.10 Å². The van der Waals surface area contributed by atoms with Crippen LogP contribution in [0.1, 0.15) is 11.5 Å². The number of aryl methyl sites for hydroxylation is 1. The summed E-state index contributed by atoms with van der Waals surface area (Å²) >= 11 is 0. The number of nitrogens with two attached hydrogens (primary N) is 1. The van der Waals surface area contributed by atoms with Crippen molar-refractivity contribution < 1.29 is 4.42 Å². The van der Waals surface area contributed by atoms with Gasteiger partial charge in [-0.05, 0) is 19.1 Å². The van der Waals surface area contributed by atoms with E-state index < -0.39 is 5.63 Å². The van der Waals surface area contributed by atoms with Crippen LogP contribution in [0.25, 0.3) is 22.8 Å². The minimum absolute atomic E-state index is 0.102. The van der Waals surface area contributed by atoms with Crippen molar-refractivity contribution in [1.29, 1.82) is 0 Å². The van der Waals surface area contributed by atoms with Gasteiger partial charge in [0.25, 0.3) is 0 Å². The summed E-state index contributed by atoms with van der Waals surface area (Å²) in [6.45, 7) is 2.00. The van der Waals surface area contributed by atoms with Gasteiger partial charge < -0.3 is 15.1 Å². The lowest BCUT2D eigenvalue weighted by molar-refractivity contribution is 0.487. The van der Waals surface area contributed by atoms with Crippen LogP contribution in [-0.2, 0) is 0 Å². The topological polar surface area (TPSA) is 90.2 Å². The molecule has 0 amide bonds. The minimum Gasteiger partial charge on any atom is -0.404 e. The van der Waals surface area contributed by atoms with Crippen molar-refractivity contribution in [3.05, 3.63) is 52.3 Å². The standard InChI is InChI=1S/C16H17N5O2/c1-10-4-6-11(7-5-10)21-15-13(14(17)19-21)16(22)23-12(18-15)8-9-20(2)3/h4-9H,1-3H3,(H2,17,19)/b9-8+. The molecular weight excluding hydrogens is 294 g/mol. The van der Waals surface area contributed by atoms with Crippen LogP contribution in [-0.4, -0.2) is 33.8 Å². The maximum Gasteiger partial charge on any atom is 0.352 e. The molecule has 118 valence electrons. The van der Waals surface area contributed by atoms with Gasteiger partial charge in [0.1, 0.15) is 5.39 Å². The Labute approximate surface area is 132 Å². The van der Waals surface area contributed by atoms with Crippen molar-refractivity contribution in [3.8, 4) is 5.69 Å². The van der Waals surface area contributed by atoms with E-state index in [1.807, 2.05) is 50.2 Å². The van der Waals surface area contributed by atoms with E-state index in [9.17, 15) is 4.79 Å². The van der Waals surface area contributed by atoms with E-state index in [0.29, 0.717) is 5.65 Å². The second-order valence-electron chi connectivity index (χ2n) is 5.45. The molecule has 0 fully saturated rings. The van der Waals surface area contributed by atoms with Crippen molar-refractivity contribution in [3.63, 3.8) is 0 Å². The van der Waals surface area contributed by atoms with Gasteiger partial charge in [-0.2, -0.15) is 4.98 Å². The van der Waals surface area contributed by atoms with E-state index >= 15 is 0 Å². The smallest absolute Gasteiger partial charge is 0.352 e. The van der Waals surface area contributed by atoms with Gasteiger partial charge in [0.15, 0.2) is 11.5 Å². The highest BCUT2D eigenvalue weighted by Gasteiger charge is 2.16. The molecule has 0 unspecified atom stereocenters. The summed E-state index contributed by atoms with van der Waals surface area (Å²) in [6.07, 6.45) is 3.36. The first-order valence-electron chi connectivity index (χ1n) is 7.07. The Morgan fingerprint density at radius 3 is 2.61 bits per heavy atom. The van der Waals surface area contributed by atoms with E-state index in [0.717, 1.165) is 11.3 Å². The fourth-order valence-electron chi connectivity index (χ4n) is 2.15. The molecule has 2 aromatic heterocycles. The molecule has 2 N–H and O–H groups in total. The highest BCUT2D eigenvalue weighted by atomic mass is 16.4. The normalized spacial score (nSPS) is 11.4. The van der Waals surface area contributed by atoms with Crippen molar-refractivity contribution in [2.75, 3.05) is 19.8 Å². The fourth-order valence-corrected chi connectivity index (χ4v) is 2.15. The molecule has 0 saturated heterocycles. The van der Waals surface area contributed by atoms with Crippen LogP contribution in [0.5, 0.6) is 0 Å². The average Bonchev–Trinajstić information content (AvgIpc) is 2.83. The second kappa shape index (κ2) is 5.60. The summed E-state index contributed by atoms with van der Waals surface area (Å²) in [6, 6.07) is 7.70. The fraction of sp³-hybridized carbons (Fsp3) is 0.188. The molecule has 7 nitrogen and oxygen atoms in total. The van der Waals surface area contributed by atoms with Crippen molar-refractivity contribution in [2.24, 2.45) is 0 Å². The lowest BCUT2D eigenvalue weighted by Crippen LogP contribution is -2.06. The summed E-state index contributed by atoms with van der Waals surface area (Å²) in [5, 5.41) is 4.41. The molecule has 0 bridgehead atoms. The second-order valence-corrected chi connectivity index (χ2v) is 5.45. The first-order chi connectivity index (χ1) is 11.0. The van der Waals surface area contributed by atoms with Crippen LogP contribution < -0.4 is 11.4 Å². The number of hydrogen-bond donors (Lipinski definition) is 1. The number of nitrogens with zero attached hydrogens (tertiary/aromatic N) is 4. The number of fused-ring (bicyclic) bond motifs is 1. The van der Waals surface area contributed by atoms with Crippen molar-refractivity contribution in [2.45, 2.75) is 6.92 Å². The monoisotopic (exact) mass is 311 g/mol. The molecule has 0 saturated carbocycles. The number of rotatable bonds is 3. The van der Waals surface area contributed by atoms with E-state index in [1.165, 1.54) is 0 Å². The highest BCUT2D eigenvalue weighted by molar-refractivity contribution is 5.86. The lowest BCUT2D eigenvalue weighted by Gasteiger charge is -2.04. The summed E-state index contributed by atoms with van der Waals surface area (Å²) in [5.41, 5.74) is 7.58. The summed E-state index contributed by atoms with van der Waals surface area (Å²) in [7, 11) is 3.73. The van der Waals surface area contributed by atoms with Gasteiger partial charge in [0.2, 0.25) is 5.89 Å². The molecule has 23 heavy (non-hydrogen) atoms. The Hall–Kier alpha value is -3.09. The van der Waals surface area contributed by atoms with Crippen molar-refractivity contribution in [1.82, 2.24) is 19.7 Å². The van der Waals surface area contributed by atoms with E-state index in [-0.39, 0.29) is 17.1 Å². The molecule has 0 aliphatic carbocycles. The zero-order chi connectivity index (χ0) is 16.6. The van der Waals surface area contributed by atoms with Gasteiger partial charge in [-0.3, -0.25) is 0 Å². The summed E-state index contributed by atoms with van der Waals surface area (Å²) in [4.78, 5) is 18.4. The third-order valence-electron chi connectivity index (χ3n) is 3.30. The maximum absolute atomic E-state index is 12.2. The predicted molar refractivity (Wildman–Crippen MR) is 89.3 cm³/mol. The van der Waals surface area contributed by atoms with Gasteiger partial charge in [-0.1, -0.05) is 17.7 Å². The Kier molecular flexibility index (Phi) is 3.61. The number of anilines is 1. The van der Waals surface area contributed by atoms with E-state index in [1.54, 1.807) is 17.0 Å². The Morgan fingerprint density at radius 1 is 1.26 bits per heavy atom. The average molecular weight is 311 g/mol. The first kappa shape index (κ1) is 14.8. The predicted octanol–water partition coefficient (Wildman–Crippen LogP) is 1.80. The maximum atomic E-state index is 12.2. The Balaban J connectivity index is 2.23. The molecule has 3 aromatic rings. The van der Waals surface area contributed by atoms with Crippen molar-refractivity contribution >= 4 is 22.9 Å². The van der Waals surface area contributed by atoms with Gasteiger partial charge >= 0.3 is 5.63 Å². The number of hydrogen-bond acceptors (Lipinski definition) is 6. The molecule has 0 atom stereocenters. The third-order valence-corrected chi connectivity index (χ3v) is 3.30. The SMILES string of the molecule is Cc1ccc(-n2nc(N)c3c(=O)oc(/C=C/N(C)C)nc32)cc1. The molecule has 1 aromatic carbocycles. The Bertz CT molecular complexity index is 935. The molecule has 3 rings (SSSR count). The molecule has 0 spiro atoms. The minimum atomic E-state index is -0.552. The third kappa shape index (κ3) is 2.80. The molecule has 2 heterocycles. The quantitative estimate of drug-likeness (QED) is 0.793. The molecule has 7 heteroatoms. The van der Waals surface area contributed by atoms with Crippen LogP contribution in [0.2, 0.25) is 0 Å². The van der Waals surface area contributed by atoms with Crippen LogP contribution in [0.3, 0.4) is 0 Å². The van der Waals surface area contributed by atoms with Gasteiger partial charge in [0.05, 0.1) is 5.69 Å². The van der Waals surface area contributed by atoms with Crippen LogP contribution >= 0.6 is 0 Å². The summed E-state index contributed by atoms with van der Waals surface area (Å²) in [5.74, 6) is 0.300. The molecule has 0 radical (unpaired) electrons. The molecule has 0 aliphatic rings. The van der Waals surface area contributed by atoms with E-state index in [2.05, 4.69) is 10.1 Å². The lowest BCUT2D eigenvalue weighted by atomic mass is 10.2. The van der Waals surface area contributed by atoms with E-state index in [4.69, 9.17) is 10.2 Å². The number of nitrogen functional groups attached to an aromatic ring is 1. The van der Waals surface area contributed by atoms with Crippen LogP contribution in [0.15, 0.2) is 39.7 Å². The molecule has 0 aliphatic heterocycles. The largest absolute Gasteiger partial charge is 0.404 e. The first-order valence-corrected chi connectivity index (χ1v) is 7.07. The number of aromatic nitrogens is 3. The molecular formula is C16H17N5O2. The number of benzene rings is 1. The highest BCUT2D eigenvalue weighted by Crippen LogP contribution is 2.20. The zero-order valence-electron chi connectivity index (χ0n) is 13.1. The van der Waals surface area contributed by atoms with Crippen LogP contribution in [0.4, 0.5) is 5.82 Å². The van der Waals surface area contributed by atoms with Crippen LogP contribution in [0, 0.1) is 6.92 Å². The zero-order valence-corrected chi connectivity index (χ0v) is 13.1. The Morgan fingerprint density at radius 2 is 1.96 bits per heavy atom. The summed E-state index contributed by atoms with van der Waals surface area (Å²) < 4.78 is 6.73. The van der Waals surface area contributed by atoms with Gasteiger partial charge in [0, 0.05) is 26.4 Å². The van der Waals surface area contributed by atoms with Gasteiger partial charge in [-0.25, -0.2) is 9.48 Å².